The Hall–Kier alpha value is -0.650. The highest BCUT2D eigenvalue weighted by Crippen LogP contribution is 2.04. The van der Waals surface area contributed by atoms with Crippen molar-refractivity contribution in [3.8, 4) is 0 Å². The third kappa shape index (κ3) is 2.44. The number of hydrogen-bond donors (Lipinski definition) is 2. The van der Waals surface area contributed by atoms with Gasteiger partial charge in [-0.1, -0.05) is 0 Å². The molecule has 0 aromatic carbocycles. The van der Waals surface area contributed by atoms with Crippen molar-refractivity contribution in [3.63, 3.8) is 0 Å². The van der Waals surface area contributed by atoms with E-state index in [2.05, 4.69) is 5.32 Å². The number of carboxylic acids is 1. The Labute approximate surface area is 70.7 Å². The first-order chi connectivity index (χ1) is 5.74. The quantitative estimate of drug-likeness (QED) is 0.600. The van der Waals surface area contributed by atoms with Crippen LogP contribution >= 0.6 is 0 Å². The number of methoxy groups -OCH3 is 1. The Bertz CT molecular complexity index is 159. The van der Waals surface area contributed by atoms with Crippen molar-refractivity contribution in [2.75, 3.05) is 20.3 Å². The van der Waals surface area contributed by atoms with Crippen LogP contribution in [0.1, 0.15) is 6.42 Å². The summed E-state index contributed by atoms with van der Waals surface area (Å²) >= 11 is 0. The Morgan fingerprint density at radius 3 is 3.17 bits per heavy atom. The lowest BCUT2D eigenvalue weighted by molar-refractivity contribution is -0.157. The Kier molecular flexibility index (Phi) is 3.46. The van der Waals surface area contributed by atoms with Gasteiger partial charge in [-0.3, -0.25) is 5.32 Å². The van der Waals surface area contributed by atoms with Gasteiger partial charge in [0, 0.05) is 13.2 Å². The second-order valence-electron chi connectivity index (χ2n) is 2.70. The predicted molar refractivity (Wildman–Crippen MR) is 40.8 cm³/mol. The van der Waals surface area contributed by atoms with E-state index in [1.165, 1.54) is 0 Å². The molecule has 0 radical (unpaired) electrons. The minimum atomic E-state index is -0.976. The van der Waals surface area contributed by atoms with Crippen LogP contribution in [0.3, 0.4) is 0 Å². The van der Waals surface area contributed by atoms with Gasteiger partial charge in [-0.05, 0) is 6.42 Å². The molecule has 1 heterocycles. The van der Waals surface area contributed by atoms with Gasteiger partial charge in [0.2, 0.25) is 6.23 Å². The second-order valence-corrected chi connectivity index (χ2v) is 2.70. The van der Waals surface area contributed by atoms with Gasteiger partial charge >= 0.3 is 5.97 Å². The maximum absolute atomic E-state index is 10.5. The minimum Gasteiger partial charge on any atom is -0.478 e. The summed E-state index contributed by atoms with van der Waals surface area (Å²) in [5.74, 6) is -0.976. The highest BCUT2D eigenvalue weighted by Gasteiger charge is 2.26. The van der Waals surface area contributed by atoms with Crippen molar-refractivity contribution in [1.29, 1.82) is 0 Å². The molecular formula is C7H13NO4. The number of nitrogens with one attached hydrogen (secondary N) is 1. The van der Waals surface area contributed by atoms with Crippen LogP contribution in [0.4, 0.5) is 0 Å². The van der Waals surface area contributed by atoms with Gasteiger partial charge in [0.1, 0.15) is 0 Å². The van der Waals surface area contributed by atoms with Gasteiger partial charge in [0.05, 0.1) is 13.2 Å². The van der Waals surface area contributed by atoms with E-state index >= 15 is 0 Å². The Morgan fingerprint density at radius 1 is 1.83 bits per heavy atom. The molecular weight excluding hydrogens is 162 g/mol. The standard InChI is InChI=1S/C7H13NO4/c1-11-4-5-2-3-12-6(8-5)7(9)10/h5-6,8H,2-4H2,1H3,(H,9,10). The largest absolute Gasteiger partial charge is 0.478 e. The summed E-state index contributed by atoms with van der Waals surface area (Å²) in [5, 5.41) is 11.4. The average Bonchev–Trinajstić information content (AvgIpc) is 2.05. The van der Waals surface area contributed by atoms with Crippen LogP contribution in [-0.4, -0.2) is 43.7 Å². The number of ether oxygens (including phenoxy) is 2. The topological polar surface area (TPSA) is 67.8 Å². The van der Waals surface area contributed by atoms with Gasteiger partial charge in [-0.2, -0.15) is 0 Å². The molecule has 1 fully saturated rings. The number of carboxylic acid groups (broad SMARTS) is 1. The van der Waals surface area contributed by atoms with Crippen LogP contribution in [0.2, 0.25) is 0 Å². The number of rotatable bonds is 3. The fourth-order valence-electron chi connectivity index (χ4n) is 1.15. The third-order valence-corrected chi connectivity index (χ3v) is 1.73. The molecule has 12 heavy (non-hydrogen) atoms. The molecule has 0 aliphatic carbocycles. The Balaban J connectivity index is 2.35. The molecule has 2 atom stereocenters. The van der Waals surface area contributed by atoms with E-state index in [1.807, 2.05) is 0 Å². The minimum absolute atomic E-state index is 0.0878. The molecule has 5 heteroatoms. The monoisotopic (exact) mass is 175 g/mol. The maximum Gasteiger partial charge on any atom is 0.348 e. The summed E-state index contributed by atoms with van der Waals surface area (Å²) in [5.41, 5.74) is 0. The molecule has 0 aromatic rings. The zero-order valence-electron chi connectivity index (χ0n) is 6.95. The fraction of sp³-hybridized carbons (Fsp3) is 0.857. The van der Waals surface area contributed by atoms with Crippen molar-refractivity contribution < 1.29 is 19.4 Å². The molecule has 2 unspecified atom stereocenters. The summed E-state index contributed by atoms with van der Waals surface area (Å²) in [6.07, 6.45) is -0.0867. The lowest BCUT2D eigenvalue weighted by atomic mass is 10.2. The van der Waals surface area contributed by atoms with Gasteiger partial charge in [0.15, 0.2) is 0 Å². The molecule has 0 amide bonds. The fourth-order valence-corrected chi connectivity index (χ4v) is 1.15. The number of aliphatic carboxylic acids is 1. The van der Waals surface area contributed by atoms with Gasteiger partial charge in [-0.15, -0.1) is 0 Å². The van der Waals surface area contributed by atoms with Gasteiger partial charge < -0.3 is 14.6 Å². The van der Waals surface area contributed by atoms with E-state index in [0.717, 1.165) is 6.42 Å². The first kappa shape index (κ1) is 9.44. The summed E-state index contributed by atoms with van der Waals surface area (Å²) in [7, 11) is 1.59. The van der Waals surface area contributed by atoms with E-state index in [1.54, 1.807) is 7.11 Å². The molecule has 5 nitrogen and oxygen atoms in total. The summed E-state index contributed by atoms with van der Waals surface area (Å²) in [4.78, 5) is 10.5. The molecule has 1 aliphatic heterocycles. The smallest absolute Gasteiger partial charge is 0.348 e. The molecule has 1 rings (SSSR count). The summed E-state index contributed by atoms with van der Waals surface area (Å²) < 4.78 is 9.85. The second kappa shape index (κ2) is 4.39. The number of carbonyl (C=O) groups is 1. The van der Waals surface area contributed by atoms with E-state index in [-0.39, 0.29) is 6.04 Å². The van der Waals surface area contributed by atoms with Crippen LogP contribution < -0.4 is 5.32 Å². The van der Waals surface area contributed by atoms with E-state index in [4.69, 9.17) is 14.6 Å². The zero-order valence-corrected chi connectivity index (χ0v) is 6.95. The molecule has 0 spiro atoms. The van der Waals surface area contributed by atoms with E-state index in [0.29, 0.717) is 13.2 Å². The van der Waals surface area contributed by atoms with Crippen molar-refractivity contribution in [3.05, 3.63) is 0 Å². The summed E-state index contributed by atoms with van der Waals surface area (Å²) in [6, 6.07) is 0.0878. The van der Waals surface area contributed by atoms with Crippen molar-refractivity contribution in [2.24, 2.45) is 0 Å². The van der Waals surface area contributed by atoms with Gasteiger partial charge in [-0.25, -0.2) is 4.79 Å². The molecule has 1 aliphatic rings. The van der Waals surface area contributed by atoms with Crippen LogP contribution in [0, 0.1) is 0 Å². The normalized spacial score (nSPS) is 30.1. The Morgan fingerprint density at radius 2 is 2.58 bits per heavy atom. The number of hydrogen-bond acceptors (Lipinski definition) is 4. The molecule has 70 valence electrons. The summed E-state index contributed by atoms with van der Waals surface area (Å²) in [6.45, 7) is 0.991. The lowest BCUT2D eigenvalue weighted by Crippen LogP contribution is -2.51. The average molecular weight is 175 g/mol. The molecule has 1 saturated heterocycles. The van der Waals surface area contributed by atoms with Crippen LogP contribution in [0.25, 0.3) is 0 Å². The maximum atomic E-state index is 10.5. The SMILES string of the molecule is COCC1CCOC(C(=O)O)N1. The lowest BCUT2D eigenvalue weighted by Gasteiger charge is -2.28. The molecule has 0 aromatic heterocycles. The molecule has 0 bridgehead atoms. The zero-order chi connectivity index (χ0) is 8.97. The van der Waals surface area contributed by atoms with Crippen LogP contribution in [-0.2, 0) is 14.3 Å². The predicted octanol–water partition coefficient (Wildman–Crippen LogP) is -0.578. The third-order valence-electron chi connectivity index (χ3n) is 1.73. The highest BCUT2D eigenvalue weighted by atomic mass is 16.5. The first-order valence-electron chi connectivity index (χ1n) is 3.83. The van der Waals surface area contributed by atoms with Crippen molar-refractivity contribution >= 4 is 5.97 Å². The van der Waals surface area contributed by atoms with E-state index < -0.39 is 12.2 Å². The van der Waals surface area contributed by atoms with Crippen molar-refractivity contribution in [2.45, 2.75) is 18.7 Å². The van der Waals surface area contributed by atoms with Crippen LogP contribution in [0.15, 0.2) is 0 Å². The molecule has 2 N–H and O–H groups in total. The van der Waals surface area contributed by atoms with E-state index in [9.17, 15) is 4.79 Å². The van der Waals surface area contributed by atoms with Crippen molar-refractivity contribution in [1.82, 2.24) is 5.32 Å². The first-order valence-corrected chi connectivity index (χ1v) is 3.83. The highest BCUT2D eigenvalue weighted by molar-refractivity contribution is 5.71. The molecule has 0 saturated carbocycles. The van der Waals surface area contributed by atoms with Crippen LogP contribution in [0.5, 0.6) is 0 Å². The van der Waals surface area contributed by atoms with Gasteiger partial charge in [0.25, 0.3) is 0 Å².